The third-order valence-electron chi connectivity index (χ3n) is 3.72. The summed E-state index contributed by atoms with van der Waals surface area (Å²) in [6.07, 6.45) is 0.352. The van der Waals surface area contributed by atoms with Gasteiger partial charge in [0.05, 0.1) is 18.7 Å². The average Bonchev–Trinajstić information content (AvgIpc) is 2.38. The second kappa shape index (κ2) is 6.64. The number of amides is 1. The van der Waals surface area contributed by atoms with Crippen molar-refractivity contribution in [3.63, 3.8) is 0 Å². The fourth-order valence-corrected chi connectivity index (χ4v) is 1.83. The highest BCUT2D eigenvalue weighted by Crippen LogP contribution is 2.24. The third kappa shape index (κ3) is 4.44. The van der Waals surface area contributed by atoms with E-state index in [1.807, 2.05) is 19.2 Å². The molecule has 0 fully saturated rings. The number of hydrogen-bond donors (Lipinski definition) is 1. The summed E-state index contributed by atoms with van der Waals surface area (Å²) in [4.78, 5) is 13.9. The van der Waals surface area contributed by atoms with Crippen LogP contribution in [0.4, 0.5) is 5.69 Å². The highest BCUT2D eigenvalue weighted by molar-refractivity contribution is 5.76. The van der Waals surface area contributed by atoms with Crippen LogP contribution in [0.15, 0.2) is 24.3 Å². The molecule has 0 saturated heterocycles. The number of nitrogens with zero attached hydrogens (tertiary/aromatic N) is 1. The van der Waals surface area contributed by atoms with Crippen molar-refractivity contribution in [2.45, 2.75) is 40.2 Å². The number of nitrogens with two attached hydrogens (primary N) is 1. The molecule has 1 amide bonds. The molecule has 20 heavy (non-hydrogen) atoms. The van der Waals surface area contributed by atoms with Gasteiger partial charge in [-0.05, 0) is 24.5 Å². The fraction of sp³-hybridized carbons (Fsp3) is 0.562. The maximum absolute atomic E-state index is 12.1. The first-order valence-electron chi connectivity index (χ1n) is 6.96. The lowest BCUT2D eigenvalue weighted by Crippen LogP contribution is -2.43. The Morgan fingerprint density at radius 3 is 2.50 bits per heavy atom. The van der Waals surface area contributed by atoms with Crippen molar-refractivity contribution >= 4 is 11.6 Å². The number of rotatable bonds is 5. The van der Waals surface area contributed by atoms with Gasteiger partial charge in [0, 0.05) is 13.1 Å². The number of hydrogen-bond acceptors (Lipinski definition) is 3. The fourth-order valence-electron chi connectivity index (χ4n) is 1.83. The van der Waals surface area contributed by atoms with Gasteiger partial charge in [-0.2, -0.15) is 0 Å². The first-order valence-corrected chi connectivity index (χ1v) is 6.96. The van der Waals surface area contributed by atoms with Gasteiger partial charge in [0.2, 0.25) is 5.91 Å². The van der Waals surface area contributed by atoms with E-state index in [0.717, 1.165) is 0 Å². The summed E-state index contributed by atoms with van der Waals surface area (Å²) in [7, 11) is 1.84. The Morgan fingerprint density at radius 1 is 1.35 bits per heavy atom. The van der Waals surface area contributed by atoms with Crippen molar-refractivity contribution in [3.05, 3.63) is 24.3 Å². The minimum atomic E-state index is 0.0646. The number of para-hydroxylation sites is 2. The summed E-state index contributed by atoms with van der Waals surface area (Å²) < 4.78 is 5.55. The lowest BCUT2D eigenvalue weighted by Gasteiger charge is -2.35. The number of benzene rings is 1. The molecule has 0 saturated carbocycles. The Morgan fingerprint density at radius 2 is 1.95 bits per heavy atom. The van der Waals surface area contributed by atoms with E-state index in [4.69, 9.17) is 10.5 Å². The zero-order valence-corrected chi connectivity index (χ0v) is 13.1. The molecule has 1 aromatic carbocycles. The molecule has 4 nitrogen and oxygen atoms in total. The number of ether oxygens (including phenoxy) is 1. The lowest BCUT2D eigenvalue weighted by molar-refractivity contribution is -0.134. The van der Waals surface area contributed by atoms with Crippen LogP contribution in [-0.4, -0.2) is 30.5 Å². The van der Waals surface area contributed by atoms with Gasteiger partial charge in [0.25, 0.3) is 0 Å². The van der Waals surface area contributed by atoms with Crippen molar-refractivity contribution in [2.75, 3.05) is 19.4 Å². The summed E-state index contributed by atoms with van der Waals surface area (Å²) in [5.41, 5.74) is 6.44. The maximum atomic E-state index is 12.1. The first-order chi connectivity index (χ1) is 9.23. The predicted octanol–water partition coefficient (Wildman–Crippen LogP) is 2.93. The molecule has 0 aliphatic heterocycles. The van der Waals surface area contributed by atoms with Crippen LogP contribution in [0.2, 0.25) is 0 Å². The molecule has 1 unspecified atom stereocenters. The first kappa shape index (κ1) is 16.3. The quantitative estimate of drug-likeness (QED) is 0.843. The van der Waals surface area contributed by atoms with Crippen LogP contribution < -0.4 is 10.5 Å². The standard InChI is InChI=1S/C16H26N2O2/c1-12(16(2,3)4)18(5)15(19)10-11-20-14-9-7-6-8-13(14)17/h6-9,12H,10-11,17H2,1-5H3. The number of carbonyl (C=O) groups excluding carboxylic acids is 1. The topological polar surface area (TPSA) is 55.6 Å². The van der Waals surface area contributed by atoms with Gasteiger partial charge < -0.3 is 15.4 Å². The molecule has 0 heterocycles. The van der Waals surface area contributed by atoms with Crippen LogP contribution in [0.25, 0.3) is 0 Å². The second-order valence-electron chi connectivity index (χ2n) is 6.18. The van der Waals surface area contributed by atoms with E-state index >= 15 is 0 Å². The van der Waals surface area contributed by atoms with Gasteiger partial charge in [-0.1, -0.05) is 32.9 Å². The van der Waals surface area contributed by atoms with Gasteiger partial charge in [-0.3, -0.25) is 4.79 Å². The molecule has 4 heteroatoms. The van der Waals surface area contributed by atoms with Crippen LogP contribution in [0.3, 0.4) is 0 Å². The summed E-state index contributed by atoms with van der Waals surface area (Å²) in [5, 5.41) is 0. The van der Waals surface area contributed by atoms with Crippen LogP contribution in [-0.2, 0) is 4.79 Å². The second-order valence-corrected chi connectivity index (χ2v) is 6.18. The zero-order chi connectivity index (χ0) is 15.3. The minimum Gasteiger partial charge on any atom is -0.491 e. The molecule has 1 rings (SSSR count). The summed E-state index contributed by atoms with van der Waals surface area (Å²) in [6.45, 7) is 8.79. The van der Waals surface area contributed by atoms with E-state index in [2.05, 4.69) is 27.7 Å². The molecule has 0 spiro atoms. The predicted molar refractivity (Wildman–Crippen MR) is 82.7 cm³/mol. The normalized spacial score (nSPS) is 12.8. The highest BCUT2D eigenvalue weighted by atomic mass is 16.5. The number of anilines is 1. The maximum Gasteiger partial charge on any atom is 0.225 e. The van der Waals surface area contributed by atoms with Crippen molar-refractivity contribution in [2.24, 2.45) is 5.41 Å². The summed E-state index contributed by atoms with van der Waals surface area (Å²) >= 11 is 0. The van der Waals surface area contributed by atoms with E-state index in [1.165, 1.54) is 0 Å². The van der Waals surface area contributed by atoms with Crippen molar-refractivity contribution in [1.82, 2.24) is 4.90 Å². The van der Waals surface area contributed by atoms with Gasteiger partial charge in [-0.15, -0.1) is 0 Å². The zero-order valence-electron chi connectivity index (χ0n) is 13.1. The summed E-state index contributed by atoms with van der Waals surface area (Å²) in [6, 6.07) is 7.48. The van der Waals surface area contributed by atoms with Gasteiger partial charge >= 0.3 is 0 Å². The molecule has 1 aromatic rings. The number of nitrogen functional groups attached to an aromatic ring is 1. The van der Waals surface area contributed by atoms with E-state index in [9.17, 15) is 4.79 Å². The molecule has 112 valence electrons. The van der Waals surface area contributed by atoms with Crippen molar-refractivity contribution in [3.8, 4) is 5.75 Å². The third-order valence-corrected chi connectivity index (χ3v) is 3.72. The molecule has 0 radical (unpaired) electrons. The molecule has 1 atom stereocenters. The SMILES string of the molecule is CC(N(C)C(=O)CCOc1ccccc1N)C(C)(C)C. The van der Waals surface area contributed by atoms with E-state index in [0.29, 0.717) is 24.5 Å². The van der Waals surface area contributed by atoms with Gasteiger partial charge in [-0.25, -0.2) is 0 Å². The summed E-state index contributed by atoms with van der Waals surface area (Å²) in [5.74, 6) is 0.716. The van der Waals surface area contributed by atoms with Crippen molar-refractivity contribution in [1.29, 1.82) is 0 Å². The molecular weight excluding hydrogens is 252 g/mol. The van der Waals surface area contributed by atoms with E-state index < -0.39 is 0 Å². The van der Waals surface area contributed by atoms with E-state index in [1.54, 1.807) is 17.0 Å². The van der Waals surface area contributed by atoms with E-state index in [-0.39, 0.29) is 17.4 Å². The van der Waals surface area contributed by atoms with Crippen LogP contribution >= 0.6 is 0 Å². The van der Waals surface area contributed by atoms with Gasteiger partial charge in [0.1, 0.15) is 5.75 Å². The molecule has 0 bridgehead atoms. The Hall–Kier alpha value is -1.71. The molecule has 0 aliphatic rings. The Balaban J connectivity index is 2.46. The molecular formula is C16H26N2O2. The molecule has 0 aliphatic carbocycles. The smallest absolute Gasteiger partial charge is 0.225 e. The minimum absolute atomic E-state index is 0.0646. The average molecular weight is 278 g/mol. The molecule has 2 N–H and O–H groups in total. The monoisotopic (exact) mass is 278 g/mol. The van der Waals surface area contributed by atoms with Crippen LogP contribution in [0, 0.1) is 5.41 Å². The largest absolute Gasteiger partial charge is 0.491 e. The van der Waals surface area contributed by atoms with Gasteiger partial charge in [0.15, 0.2) is 0 Å². The lowest BCUT2D eigenvalue weighted by atomic mass is 9.87. The van der Waals surface area contributed by atoms with Crippen molar-refractivity contribution < 1.29 is 9.53 Å². The highest BCUT2D eigenvalue weighted by Gasteiger charge is 2.26. The molecule has 0 aromatic heterocycles. The van der Waals surface area contributed by atoms with Crippen LogP contribution in [0.5, 0.6) is 5.75 Å². The number of carbonyl (C=O) groups is 1. The Kier molecular flexibility index (Phi) is 5.43. The Bertz CT molecular complexity index is 452. The van der Waals surface area contributed by atoms with Crippen LogP contribution in [0.1, 0.15) is 34.1 Å². The Labute approximate surface area is 121 Å².